The van der Waals surface area contributed by atoms with Crippen molar-refractivity contribution < 1.29 is 0 Å². The van der Waals surface area contributed by atoms with Crippen LogP contribution in [0.1, 0.15) is 75.4 Å². The molecular formula is C15H24N4S. The van der Waals surface area contributed by atoms with Crippen molar-refractivity contribution in [1.82, 2.24) is 15.0 Å². The molecule has 0 aromatic carbocycles. The highest BCUT2D eigenvalue weighted by Gasteiger charge is 2.20. The molecule has 1 aromatic rings. The standard InChI is InChI=1S/C15H24N4S/c16-15-18-13(10-20-12-8-4-5-9-12)17-14(19-15)11-6-2-1-3-7-11/h11-12H,1-10H2,(H2,16,17,18,19). The third-order valence-corrected chi connectivity index (χ3v) is 5.80. The maximum atomic E-state index is 5.88. The van der Waals surface area contributed by atoms with Gasteiger partial charge in [0.25, 0.3) is 0 Å². The zero-order chi connectivity index (χ0) is 13.8. The molecule has 0 aliphatic heterocycles. The van der Waals surface area contributed by atoms with Crippen LogP contribution in [0.15, 0.2) is 0 Å². The lowest BCUT2D eigenvalue weighted by molar-refractivity contribution is 0.427. The maximum Gasteiger partial charge on any atom is 0.223 e. The quantitative estimate of drug-likeness (QED) is 0.917. The minimum Gasteiger partial charge on any atom is -0.368 e. The van der Waals surface area contributed by atoms with E-state index in [1.54, 1.807) is 0 Å². The summed E-state index contributed by atoms with van der Waals surface area (Å²) < 4.78 is 0. The summed E-state index contributed by atoms with van der Waals surface area (Å²) in [5.74, 6) is 3.62. The van der Waals surface area contributed by atoms with Gasteiger partial charge < -0.3 is 5.73 Å². The number of aromatic nitrogens is 3. The first-order valence-corrected chi connectivity index (χ1v) is 8.98. The summed E-state index contributed by atoms with van der Waals surface area (Å²) in [4.78, 5) is 13.4. The lowest BCUT2D eigenvalue weighted by Gasteiger charge is -2.20. The molecule has 2 N–H and O–H groups in total. The molecule has 2 aliphatic rings. The first kappa shape index (κ1) is 14.1. The number of nitrogen functional groups attached to an aromatic ring is 1. The maximum absolute atomic E-state index is 5.88. The Balaban J connectivity index is 1.65. The lowest BCUT2D eigenvalue weighted by Crippen LogP contribution is -2.13. The number of rotatable bonds is 4. The van der Waals surface area contributed by atoms with Crippen LogP contribution in [0.3, 0.4) is 0 Å². The van der Waals surface area contributed by atoms with Crippen LogP contribution < -0.4 is 5.73 Å². The third-order valence-electron chi connectivity index (χ3n) is 4.44. The topological polar surface area (TPSA) is 64.7 Å². The Morgan fingerprint density at radius 1 is 0.900 bits per heavy atom. The van der Waals surface area contributed by atoms with E-state index in [4.69, 9.17) is 10.7 Å². The minimum absolute atomic E-state index is 0.405. The van der Waals surface area contributed by atoms with E-state index in [9.17, 15) is 0 Å². The highest BCUT2D eigenvalue weighted by molar-refractivity contribution is 7.99. The van der Waals surface area contributed by atoms with Crippen molar-refractivity contribution in [3.8, 4) is 0 Å². The van der Waals surface area contributed by atoms with Crippen molar-refractivity contribution in [3.05, 3.63) is 11.6 Å². The molecule has 0 radical (unpaired) electrons. The number of thioether (sulfide) groups is 1. The Morgan fingerprint density at radius 2 is 1.60 bits per heavy atom. The fourth-order valence-corrected chi connectivity index (χ4v) is 4.49. The zero-order valence-corrected chi connectivity index (χ0v) is 12.9. The van der Waals surface area contributed by atoms with Crippen LogP contribution in [0.4, 0.5) is 5.95 Å². The Hall–Kier alpha value is -0.840. The molecule has 4 nitrogen and oxygen atoms in total. The summed E-state index contributed by atoms with van der Waals surface area (Å²) in [5.41, 5.74) is 5.88. The largest absolute Gasteiger partial charge is 0.368 e. The van der Waals surface area contributed by atoms with Gasteiger partial charge in [0.1, 0.15) is 11.6 Å². The van der Waals surface area contributed by atoms with Crippen LogP contribution in [0.5, 0.6) is 0 Å². The van der Waals surface area contributed by atoms with Gasteiger partial charge in [0, 0.05) is 11.2 Å². The van der Waals surface area contributed by atoms with Crippen LogP contribution in [-0.2, 0) is 5.75 Å². The fourth-order valence-electron chi connectivity index (χ4n) is 3.31. The summed E-state index contributed by atoms with van der Waals surface area (Å²) in [5, 5.41) is 0.797. The molecule has 0 bridgehead atoms. The lowest BCUT2D eigenvalue weighted by atomic mass is 9.89. The summed E-state index contributed by atoms with van der Waals surface area (Å²) >= 11 is 1.99. The van der Waals surface area contributed by atoms with Crippen molar-refractivity contribution in [2.24, 2.45) is 0 Å². The van der Waals surface area contributed by atoms with Gasteiger partial charge in [0.2, 0.25) is 5.95 Å². The number of anilines is 1. The van der Waals surface area contributed by atoms with E-state index in [1.807, 2.05) is 11.8 Å². The normalized spacial score (nSPS) is 21.4. The van der Waals surface area contributed by atoms with Crippen molar-refractivity contribution in [2.75, 3.05) is 5.73 Å². The van der Waals surface area contributed by atoms with Crippen LogP contribution >= 0.6 is 11.8 Å². The second-order valence-corrected chi connectivity index (χ2v) is 7.31. The molecule has 0 spiro atoms. The van der Waals surface area contributed by atoms with Crippen molar-refractivity contribution in [2.45, 2.75) is 74.7 Å². The Bertz CT molecular complexity index is 439. The van der Waals surface area contributed by atoms with Gasteiger partial charge in [0.15, 0.2) is 0 Å². The van der Waals surface area contributed by atoms with Gasteiger partial charge in [-0.3, -0.25) is 0 Å². The van der Waals surface area contributed by atoms with Gasteiger partial charge in [-0.2, -0.15) is 21.7 Å². The number of hydrogen-bond donors (Lipinski definition) is 1. The number of nitrogens with zero attached hydrogens (tertiary/aromatic N) is 3. The first-order chi connectivity index (χ1) is 9.81. The van der Waals surface area contributed by atoms with Gasteiger partial charge in [-0.1, -0.05) is 32.1 Å². The zero-order valence-electron chi connectivity index (χ0n) is 12.1. The molecule has 2 saturated carbocycles. The second kappa shape index (κ2) is 6.74. The van der Waals surface area contributed by atoms with E-state index >= 15 is 0 Å². The predicted molar refractivity (Wildman–Crippen MR) is 83.6 cm³/mol. The van der Waals surface area contributed by atoms with Crippen LogP contribution in [0, 0.1) is 0 Å². The molecule has 110 valence electrons. The molecule has 1 aromatic heterocycles. The molecule has 3 rings (SSSR count). The summed E-state index contributed by atoms with van der Waals surface area (Å²) in [6, 6.07) is 0. The molecule has 20 heavy (non-hydrogen) atoms. The van der Waals surface area contributed by atoms with E-state index in [-0.39, 0.29) is 0 Å². The third kappa shape index (κ3) is 3.62. The Labute approximate surface area is 125 Å². The van der Waals surface area contributed by atoms with Crippen LogP contribution in [0.25, 0.3) is 0 Å². The smallest absolute Gasteiger partial charge is 0.223 e. The van der Waals surface area contributed by atoms with Crippen LogP contribution in [-0.4, -0.2) is 20.2 Å². The molecule has 1 heterocycles. The monoisotopic (exact) mass is 292 g/mol. The second-order valence-electron chi connectivity index (χ2n) is 6.02. The molecule has 0 saturated heterocycles. The Kier molecular flexibility index (Phi) is 4.76. The van der Waals surface area contributed by atoms with E-state index in [2.05, 4.69) is 9.97 Å². The van der Waals surface area contributed by atoms with Gasteiger partial charge in [0.05, 0.1) is 5.75 Å². The van der Waals surface area contributed by atoms with Gasteiger partial charge in [-0.05, 0) is 25.7 Å². The van der Waals surface area contributed by atoms with Crippen molar-refractivity contribution >= 4 is 17.7 Å². The molecule has 0 amide bonds. The van der Waals surface area contributed by atoms with Gasteiger partial charge in [-0.25, -0.2) is 4.98 Å². The first-order valence-electron chi connectivity index (χ1n) is 7.93. The molecule has 5 heteroatoms. The van der Waals surface area contributed by atoms with Crippen molar-refractivity contribution in [3.63, 3.8) is 0 Å². The van der Waals surface area contributed by atoms with Gasteiger partial charge >= 0.3 is 0 Å². The molecule has 0 unspecified atom stereocenters. The van der Waals surface area contributed by atoms with E-state index in [1.165, 1.54) is 57.8 Å². The summed E-state index contributed by atoms with van der Waals surface area (Å²) in [6.07, 6.45) is 11.8. The highest BCUT2D eigenvalue weighted by Crippen LogP contribution is 2.33. The van der Waals surface area contributed by atoms with E-state index in [0.717, 1.165) is 22.7 Å². The fraction of sp³-hybridized carbons (Fsp3) is 0.800. The molecule has 2 fully saturated rings. The molecular weight excluding hydrogens is 268 g/mol. The predicted octanol–water partition coefficient (Wildman–Crippen LogP) is 3.68. The van der Waals surface area contributed by atoms with E-state index < -0.39 is 0 Å². The molecule has 2 aliphatic carbocycles. The average Bonchev–Trinajstić information content (AvgIpc) is 2.99. The van der Waals surface area contributed by atoms with Crippen LogP contribution in [0.2, 0.25) is 0 Å². The average molecular weight is 292 g/mol. The molecule has 0 atom stereocenters. The summed E-state index contributed by atoms with van der Waals surface area (Å²) in [6.45, 7) is 0. The summed E-state index contributed by atoms with van der Waals surface area (Å²) in [7, 11) is 0. The number of nitrogens with two attached hydrogens (primary N) is 1. The number of hydrogen-bond acceptors (Lipinski definition) is 5. The van der Waals surface area contributed by atoms with Crippen molar-refractivity contribution in [1.29, 1.82) is 0 Å². The SMILES string of the molecule is Nc1nc(CSC2CCCC2)nc(C2CCCCC2)n1. The van der Waals surface area contributed by atoms with E-state index in [0.29, 0.717) is 11.9 Å². The highest BCUT2D eigenvalue weighted by atomic mass is 32.2. The Morgan fingerprint density at radius 3 is 2.35 bits per heavy atom. The van der Waals surface area contributed by atoms with Gasteiger partial charge in [-0.15, -0.1) is 0 Å². The minimum atomic E-state index is 0.405.